The van der Waals surface area contributed by atoms with Gasteiger partial charge in [-0.1, -0.05) is 42.5 Å². The van der Waals surface area contributed by atoms with Gasteiger partial charge in [0.1, 0.15) is 0 Å². The van der Waals surface area contributed by atoms with Gasteiger partial charge in [-0.05, 0) is 53.9 Å². The van der Waals surface area contributed by atoms with Gasteiger partial charge >= 0.3 is 5.97 Å². The van der Waals surface area contributed by atoms with Crippen LogP contribution in [0.1, 0.15) is 39.1 Å². The quantitative estimate of drug-likeness (QED) is 0.520. The lowest BCUT2D eigenvalue weighted by Crippen LogP contribution is -2.14. The smallest absolute Gasteiger partial charge is 0.338 e. The zero-order chi connectivity index (χ0) is 20.4. The van der Waals surface area contributed by atoms with Gasteiger partial charge in [-0.25, -0.2) is 4.79 Å². The van der Waals surface area contributed by atoms with Crippen molar-refractivity contribution in [3.63, 3.8) is 0 Å². The highest BCUT2D eigenvalue weighted by Crippen LogP contribution is 2.32. The number of esters is 1. The van der Waals surface area contributed by atoms with Crippen LogP contribution < -0.4 is 5.32 Å². The van der Waals surface area contributed by atoms with Crippen molar-refractivity contribution in [3.8, 4) is 11.1 Å². The molecule has 0 fully saturated rings. The molecule has 1 N–H and O–H groups in total. The molecule has 1 amide bonds. The van der Waals surface area contributed by atoms with Crippen LogP contribution in [0, 0.1) is 0 Å². The summed E-state index contributed by atoms with van der Waals surface area (Å²) in [4.78, 5) is 36.4. The van der Waals surface area contributed by atoms with Gasteiger partial charge < -0.3 is 10.1 Å². The highest BCUT2D eigenvalue weighted by molar-refractivity contribution is 6.05. The lowest BCUT2D eigenvalue weighted by molar-refractivity contribution is -0.116. The number of hydrogen-bond acceptors (Lipinski definition) is 4. The number of amides is 1. The Bertz CT molecular complexity index is 1090. The van der Waals surface area contributed by atoms with E-state index in [2.05, 4.69) is 5.32 Å². The molecule has 0 radical (unpaired) electrons. The molecule has 1 atom stereocenters. The number of hydrogen-bond donors (Lipinski definition) is 1. The van der Waals surface area contributed by atoms with Crippen LogP contribution in [0.25, 0.3) is 11.1 Å². The average molecular weight is 385 g/mol. The van der Waals surface area contributed by atoms with Crippen molar-refractivity contribution in [2.24, 2.45) is 0 Å². The zero-order valence-electron chi connectivity index (χ0n) is 15.8. The van der Waals surface area contributed by atoms with E-state index in [1.54, 1.807) is 37.3 Å². The fourth-order valence-corrected chi connectivity index (χ4v) is 3.32. The van der Waals surface area contributed by atoms with E-state index in [0.717, 1.165) is 22.4 Å². The second kappa shape index (κ2) is 7.72. The van der Waals surface area contributed by atoms with Crippen LogP contribution in [0.5, 0.6) is 0 Å². The molecule has 5 heteroatoms. The van der Waals surface area contributed by atoms with Crippen molar-refractivity contribution in [3.05, 3.63) is 89.5 Å². The van der Waals surface area contributed by atoms with E-state index < -0.39 is 5.97 Å². The molecule has 0 saturated heterocycles. The molecule has 5 nitrogen and oxygen atoms in total. The fraction of sp³-hybridized carbons (Fsp3) is 0.125. The average Bonchev–Trinajstić information content (AvgIpc) is 3.05. The summed E-state index contributed by atoms with van der Waals surface area (Å²) < 4.78 is 5.19. The third-order valence-corrected chi connectivity index (χ3v) is 5.05. The van der Waals surface area contributed by atoms with Crippen molar-refractivity contribution in [1.29, 1.82) is 0 Å². The lowest BCUT2D eigenvalue weighted by Gasteiger charge is -2.07. The van der Waals surface area contributed by atoms with Crippen molar-refractivity contribution >= 4 is 23.3 Å². The number of rotatable bonds is 5. The number of ketones is 1. The normalized spacial score (nSPS) is 14.8. The monoisotopic (exact) mass is 385 g/mol. The summed E-state index contributed by atoms with van der Waals surface area (Å²) in [5, 5.41) is 2.77. The Kier molecular flexibility index (Phi) is 4.96. The topological polar surface area (TPSA) is 72.5 Å². The zero-order valence-corrected chi connectivity index (χ0v) is 15.8. The maximum Gasteiger partial charge on any atom is 0.338 e. The predicted molar refractivity (Wildman–Crippen MR) is 110 cm³/mol. The molecule has 1 aliphatic rings. The Morgan fingerprint density at radius 1 is 0.897 bits per heavy atom. The van der Waals surface area contributed by atoms with E-state index in [-0.39, 0.29) is 24.2 Å². The van der Waals surface area contributed by atoms with Gasteiger partial charge in [-0.15, -0.1) is 0 Å². The third-order valence-electron chi connectivity index (χ3n) is 5.05. The summed E-state index contributed by atoms with van der Waals surface area (Å²) in [6.07, 6.45) is 0. The van der Waals surface area contributed by atoms with Gasteiger partial charge in [-0.2, -0.15) is 0 Å². The van der Waals surface area contributed by atoms with Gasteiger partial charge in [0, 0.05) is 11.3 Å². The van der Waals surface area contributed by atoms with E-state index in [1.165, 1.54) is 0 Å². The minimum atomic E-state index is -0.552. The van der Waals surface area contributed by atoms with Crippen molar-refractivity contribution in [1.82, 2.24) is 0 Å². The standard InChI is InChI=1S/C24H19NO4/c1-15-20-13-19(11-12-21(20)25-23(15)27)22(26)14-29-24(28)18-9-7-17(8-10-18)16-5-3-2-4-6-16/h2-13,15H,14H2,1H3,(H,25,27)/t15-/m0/s1. The molecule has 0 unspecified atom stereocenters. The first-order valence-corrected chi connectivity index (χ1v) is 9.33. The number of ether oxygens (including phenoxy) is 1. The molecule has 0 aromatic heterocycles. The van der Waals surface area contributed by atoms with E-state index in [9.17, 15) is 14.4 Å². The maximum absolute atomic E-state index is 12.4. The Morgan fingerprint density at radius 3 is 2.28 bits per heavy atom. The summed E-state index contributed by atoms with van der Waals surface area (Å²) >= 11 is 0. The second-order valence-corrected chi connectivity index (χ2v) is 6.96. The molecule has 144 valence electrons. The fourth-order valence-electron chi connectivity index (χ4n) is 3.32. The number of anilines is 1. The summed E-state index contributed by atoms with van der Waals surface area (Å²) in [6.45, 7) is 1.43. The molecule has 1 aliphatic heterocycles. The molecule has 0 aliphatic carbocycles. The highest BCUT2D eigenvalue weighted by Gasteiger charge is 2.27. The first-order valence-electron chi connectivity index (χ1n) is 9.33. The Hall–Kier alpha value is -3.73. The molecule has 1 heterocycles. The first-order chi connectivity index (χ1) is 14.0. The van der Waals surface area contributed by atoms with Crippen LogP contribution in [0.15, 0.2) is 72.8 Å². The number of Topliss-reactive ketones (excluding diaryl/α,β-unsaturated/α-hetero) is 1. The van der Waals surface area contributed by atoms with Gasteiger partial charge in [-0.3, -0.25) is 9.59 Å². The number of benzene rings is 3. The first kappa shape index (κ1) is 18.6. The summed E-state index contributed by atoms with van der Waals surface area (Å²) in [6, 6.07) is 21.9. The number of fused-ring (bicyclic) bond motifs is 1. The van der Waals surface area contributed by atoms with E-state index in [4.69, 9.17) is 4.74 Å². The van der Waals surface area contributed by atoms with Crippen molar-refractivity contribution in [2.75, 3.05) is 11.9 Å². The largest absolute Gasteiger partial charge is 0.454 e. The predicted octanol–water partition coefficient (Wildman–Crippen LogP) is 4.45. The third kappa shape index (κ3) is 3.80. The van der Waals surface area contributed by atoms with Gasteiger partial charge in [0.25, 0.3) is 0 Å². The molecular weight excluding hydrogens is 366 g/mol. The molecule has 0 spiro atoms. The van der Waals surface area contributed by atoms with Crippen molar-refractivity contribution in [2.45, 2.75) is 12.8 Å². The summed E-state index contributed by atoms with van der Waals surface area (Å²) in [5.41, 5.74) is 4.35. The van der Waals surface area contributed by atoms with E-state index in [0.29, 0.717) is 11.1 Å². The number of nitrogens with one attached hydrogen (secondary N) is 1. The molecular formula is C24H19NO4. The minimum Gasteiger partial charge on any atom is -0.454 e. The number of carbonyl (C=O) groups is 3. The van der Waals surface area contributed by atoms with Crippen molar-refractivity contribution < 1.29 is 19.1 Å². The molecule has 29 heavy (non-hydrogen) atoms. The second-order valence-electron chi connectivity index (χ2n) is 6.96. The van der Waals surface area contributed by atoms with Crippen LogP contribution in [0.3, 0.4) is 0 Å². The Labute approximate surface area is 168 Å². The molecule has 3 aromatic carbocycles. The van der Waals surface area contributed by atoms with Gasteiger partial charge in [0.2, 0.25) is 5.91 Å². The Balaban J connectivity index is 1.40. The minimum absolute atomic E-state index is 0.0880. The van der Waals surface area contributed by atoms with Crippen LogP contribution in [-0.4, -0.2) is 24.3 Å². The Morgan fingerprint density at radius 2 is 1.55 bits per heavy atom. The van der Waals surface area contributed by atoms with Crippen LogP contribution >= 0.6 is 0 Å². The van der Waals surface area contributed by atoms with Crippen LogP contribution in [-0.2, 0) is 9.53 Å². The van der Waals surface area contributed by atoms with Gasteiger partial charge in [0.05, 0.1) is 11.5 Å². The molecule has 0 bridgehead atoms. The molecule has 3 aromatic rings. The van der Waals surface area contributed by atoms with Crippen LogP contribution in [0.2, 0.25) is 0 Å². The number of carbonyl (C=O) groups excluding carboxylic acids is 3. The molecule has 0 saturated carbocycles. The van der Waals surface area contributed by atoms with E-state index in [1.807, 2.05) is 42.5 Å². The van der Waals surface area contributed by atoms with E-state index >= 15 is 0 Å². The maximum atomic E-state index is 12.4. The van der Waals surface area contributed by atoms with Crippen LogP contribution in [0.4, 0.5) is 5.69 Å². The van der Waals surface area contributed by atoms with Gasteiger partial charge in [0.15, 0.2) is 12.4 Å². The molecule has 4 rings (SSSR count). The summed E-state index contributed by atoms with van der Waals surface area (Å²) in [5.74, 6) is -1.25. The lowest BCUT2D eigenvalue weighted by atomic mass is 9.99. The highest BCUT2D eigenvalue weighted by atomic mass is 16.5. The summed E-state index contributed by atoms with van der Waals surface area (Å²) in [7, 11) is 0. The SMILES string of the molecule is C[C@@H]1C(=O)Nc2ccc(C(=O)COC(=O)c3ccc(-c4ccccc4)cc3)cc21.